The van der Waals surface area contributed by atoms with Gasteiger partial charge in [-0.3, -0.25) is 0 Å². The second-order valence-corrected chi connectivity index (χ2v) is 5.35. The molecule has 0 spiro atoms. The molecule has 1 aromatic rings. The number of alkyl halides is 3. The topological polar surface area (TPSA) is 21.3 Å². The van der Waals surface area contributed by atoms with Gasteiger partial charge in [0, 0.05) is 12.5 Å². The predicted octanol–water partition coefficient (Wildman–Crippen LogP) is 4.70. The van der Waals surface area contributed by atoms with Crippen molar-refractivity contribution in [3.05, 3.63) is 28.8 Å². The van der Waals surface area contributed by atoms with Gasteiger partial charge in [-0.2, -0.15) is 13.2 Å². The number of aryl methyl sites for hydroxylation is 2. The SMILES string of the molecule is CCCNC(CCC(F)(F)F)c1cc(C)c(OC)c(C)c1. The first kappa shape index (κ1) is 17.8. The average molecular weight is 303 g/mol. The fourth-order valence-electron chi connectivity index (χ4n) is 2.52. The Balaban J connectivity index is 2.97. The van der Waals surface area contributed by atoms with Crippen LogP contribution in [0.4, 0.5) is 13.2 Å². The lowest BCUT2D eigenvalue weighted by atomic mass is 9.97. The van der Waals surface area contributed by atoms with Gasteiger partial charge in [0.05, 0.1) is 7.11 Å². The first-order valence-electron chi connectivity index (χ1n) is 7.23. The van der Waals surface area contributed by atoms with Crippen molar-refractivity contribution < 1.29 is 17.9 Å². The van der Waals surface area contributed by atoms with E-state index in [1.807, 2.05) is 32.9 Å². The minimum Gasteiger partial charge on any atom is -0.496 e. The van der Waals surface area contributed by atoms with Gasteiger partial charge in [0.1, 0.15) is 5.75 Å². The van der Waals surface area contributed by atoms with Crippen molar-refractivity contribution in [2.24, 2.45) is 0 Å². The fraction of sp³-hybridized carbons (Fsp3) is 0.625. The summed E-state index contributed by atoms with van der Waals surface area (Å²) >= 11 is 0. The van der Waals surface area contributed by atoms with Crippen LogP contribution in [0.2, 0.25) is 0 Å². The number of ether oxygens (including phenoxy) is 1. The molecule has 1 rings (SSSR count). The first-order chi connectivity index (χ1) is 9.78. The standard InChI is InChI=1S/C16H24F3NO/c1-5-8-20-14(6-7-16(17,18)19)13-9-11(2)15(21-4)12(3)10-13/h9-10,14,20H,5-8H2,1-4H3. The van der Waals surface area contributed by atoms with Crippen LogP contribution in [0.25, 0.3) is 0 Å². The lowest BCUT2D eigenvalue weighted by Crippen LogP contribution is -2.24. The summed E-state index contributed by atoms with van der Waals surface area (Å²) in [5.74, 6) is 0.795. The smallest absolute Gasteiger partial charge is 0.389 e. The Morgan fingerprint density at radius 2 is 1.76 bits per heavy atom. The predicted molar refractivity (Wildman–Crippen MR) is 78.8 cm³/mol. The second-order valence-electron chi connectivity index (χ2n) is 5.35. The van der Waals surface area contributed by atoms with Gasteiger partial charge in [0.2, 0.25) is 0 Å². The lowest BCUT2D eigenvalue weighted by Gasteiger charge is -2.22. The van der Waals surface area contributed by atoms with E-state index in [1.54, 1.807) is 7.11 Å². The molecule has 0 aliphatic rings. The highest BCUT2D eigenvalue weighted by molar-refractivity contribution is 5.44. The van der Waals surface area contributed by atoms with E-state index in [4.69, 9.17) is 4.74 Å². The highest BCUT2D eigenvalue weighted by Crippen LogP contribution is 2.31. The fourth-order valence-corrected chi connectivity index (χ4v) is 2.52. The molecule has 0 bridgehead atoms. The van der Waals surface area contributed by atoms with Crippen molar-refractivity contribution in [1.29, 1.82) is 0 Å². The lowest BCUT2D eigenvalue weighted by molar-refractivity contribution is -0.136. The van der Waals surface area contributed by atoms with Crippen molar-refractivity contribution in [2.45, 2.75) is 52.3 Å². The summed E-state index contributed by atoms with van der Waals surface area (Å²) in [5, 5.41) is 3.21. The molecule has 1 aromatic carbocycles. The van der Waals surface area contributed by atoms with Crippen LogP contribution in [0, 0.1) is 13.8 Å². The van der Waals surface area contributed by atoms with Crippen molar-refractivity contribution in [3.63, 3.8) is 0 Å². The maximum atomic E-state index is 12.5. The third-order valence-corrected chi connectivity index (χ3v) is 3.45. The summed E-state index contributed by atoms with van der Waals surface area (Å²) in [6.07, 6.45) is -3.97. The molecule has 21 heavy (non-hydrogen) atoms. The molecule has 0 aliphatic carbocycles. The molecule has 0 aromatic heterocycles. The van der Waals surface area contributed by atoms with Crippen molar-refractivity contribution in [2.75, 3.05) is 13.7 Å². The number of halogens is 3. The summed E-state index contributed by atoms with van der Waals surface area (Å²) < 4.78 is 42.8. The zero-order chi connectivity index (χ0) is 16.0. The van der Waals surface area contributed by atoms with E-state index in [0.717, 1.165) is 28.9 Å². The van der Waals surface area contributed by atoms with E-state index in [-0.39, 0.29) is 12.5 Å². The largest absolute Gasteiger partial charge is 0.496 e. The number of nitrogens with one attached hydrogen (secondary N) is 1. The van der Waals surface area contributed by atoms with Crippen LogP contribution in [0.5, 0.6) is 5.75 Å². The number of hydrogen-bond acceptors (Lipinski definition) is 2. The summed E-state index contributed by atoms with van der Waals surface area (Å²) in [7, 11) is 1.60. The van der Waals surface area contributed by atoms with E-state index in [0.29, 0.717) is 6.54 Å². The summed E-state index contributed by atoms with van der Waals surface area (Å²) in [6.45, 7) is 6.52. The van der Waals surface area contributed by atoms with Crippen molar-refractivity contribution in [1.82, 2.24) is 5.32 Å². The highest BCUT2D eigenvalue weighted by atomic mass is 19.4. The highest BCUT2D eigenvalue weighted by Gasteiger charge is 2.28. The zero-order valence-electron chi connectivity index (χ0n) is 13.1. The van der Waals surface area contributed by atoms with Gasteiger partial charge < -0.3 is 10.1 Å². The Morgan fingerprint density at radius 3 is 2.19 bits per heavy atom. The van der Waals surface area contributed by atoms with Crippen LogP contribution < -0.4 is 10.1 Å². The molecular formula is C16H24F3NO. The molecule has 0 amide bonds. The van der Waals surface area contributed by atoms with Crippen molar-refractivity contribution >= 4 is 0 Å². The maximum absolute atomic E-state index is 12.5. The van der Waals surface area contributed by atoms with Crippen LogP contribution in [0.15, 0.2) is 12.1 Å². The minimum atomic E-state index is -4.12. The zero-order valence-corrected chi connectivity index (χ0v) is 13.1. The monoisotopic (exact) mass is 303 g/mol. The molecule has 0 radical (unpaired) electrons. The minimum absolute atomic E-state index is 0.0503. The van der Waals surface area contributed by atoms with Gasteiger partial charge in [-0.05, 0) is 49.9 Å². The van der Waals surface area contributed by atoms with Crippen LogP contribution in [0.3, 0.4) is 0 Å². The molecule has 0 saturated carbocycles. The van der Waals surface area contributed by atoms with Crippen LogP contribution in [0.1, 0.15) is 48.9 Å². The molecule has 1 N–H and O–H groups in total. The Labute approximate surface area is 124 Å². The van der Waals surface area contributed by atoms with Crippen LogP contribution in [-0.2, 0) is 0 Å². The molecule has 0 aliphatic heterocycles. The van der Waals surface area contributed by atoms with E-state index in [2.05, 4.69) is 5.32 Å². The number of hydrogen-bond donors (Lipinski definition) is 1. The Morgan fingerprint density at radius 1 is 1.19 bits per heavy atom. The van der Waals surface area contributed by atoms with Gasteiger partial charge in [-0.25, -0.2) is 0 Å². The molecule has 5 heteroatoms. The Bertz CT molecular complexity index is 434. The summed E-state index contributed by atoms with van der Waals surface area (Å²) in [4.78, 5) is 0. The molecule has 0 saturated heterocycles. The summed E-state index contributed by atoms with van der Waals surface area (Å²) in [5.41, 5.74) is 2.79. The van der Waals surface area contributed by atoms with E-state index in [1.165, 1.54) is 0 Å². The third kappa shape index (κ3) is 5.58. The van der Waals surface area contributed by atoms with Crippen molar-refractivity contribution in [3.8, 4) is 5.75 Å². The Hall–Kier alpha value is -1.23. The van der Waals surface area contributed by atoms with Crippen LogP contribution >= 0.6 is 0 Å². The van der Waals surface area contributed by atoms with Gasteiger partial charge in [0.25, 0.3) is 0 Å². The molecule has 1 unspecified atom stereocenters. The quantitative estimate of drug-likeness (QED) is 0.788. The van der Waals surface area contributed by atoms with E-state index < -0.39 is 12.6 Å². The Kier molecular flexibility index (Phi) is 6.52. The van der Waals surface area contributed by atoms with Gasteiger partial charge in [0.15, 0.2) is 0 Å². The molecular weight excluding hydrogens is 279 g/mol. The number of rotatable bonds is 7. The van der Waals surface area contributed by atoms with Gasteiger partial charge >= 0.3 is 6.18 Å². The summed E-state index contributed by atoms with van der Waals surface area (Å²) in [6, 6.07) is 3.54. The van der Waals surface area contributed by atoms with Crippen LogP contribution in [-0.4, -0.2) is 19.8 Å². The van der Waals surface area contributed by atoms with Gasteiger partial charge in [-0.15, -0.1) is 0 Å². The molecule has 120 valence electrons. The van der Waals surface area contributed by atoms with E-state index in [9.17, 15) is 13.2 Å². The maximum Gasteiger partial charge on any atom is 0.389 e. The van der Waals surface area contributed by atoms with Gasteiger partial charge in [-0.1, -0.05) is 19.1 Å². The molecule has 1 atom stereocenters. The number of benzene rings is 1. The second kappa shape index (κ2) is 7.69. The first-order valence-corrected chi connectivity index (χ1v) is 7.23. The average Bonchev–Trinajstić information content (AvgIpc) is 2.37. The molecule has 2 nitrogen and oxygen atoms in total. The van der Waals surface area contributed by atoms with E-state index >= 15 is 0 Å². The molecule has 0 heterocycles. The normalized spacial score (nSPS) is 13.3. The molecule has 0 fully saturated rings. The third-order valence-electron chi connectivity index (χ3n) is 3.45. The number of methoxy groups -OCH3 is 1.